The van der Waals surface area contributed by atoms with Gasteiger partial charge in [0.1, 0.15) is 10.9 Å². The molecule has 0 aliphatic carbocycles. The van der Waals surface area contributed by atoms with E-state index in [2.05, 4.69) is 7.93 Å². The molecule has 1 aliphatic rings. The van der Waals surface area contributed by atoms with Crippen LogP contribution >= 0.6 is 22.9 Å². The molecule has 1 rings (SSSR count). The highest BCUT2D eigenvalue weighted by atomic mass is 127. The van der Waals surface area contributed by atoms with Crippen molar-refractivity contribution in [3.63, 3.8) is 0 Å². The fourth-order valence-corrected chi connectivity index (χ4v) is 2.23. The van der Waals surface area contributed by atoms with E-state index in [1.54, 1.807) is 43.6 Å². The van der Waals surface area contributed by atoms with Crippen molar-refractivity contribution in [2.24, 2.45) is 4.40 Å². The summed E-state index contributed by atoms with van der Waals surface area (Å²) >= 11 is 1.78. The predicted molar refractivity (Wildman–Crippen MR) is 58.1 cm³/mol. The number of halogens is 1. The summed E-state index contributed by atoms with van der Waals surface area (Å²) in [6, 6.07) is 0.0485. The molecule has 5 nitrogen and oxygen atoms in total. The van der Waals surface area contributed by atoms with Gasteiger partial charge in [-0.1, -0.05) is 0 Å². The molecule has 0 saturated heterocycles. The third-order valence-corrected chi connectivity index (χ3v) is 4.75. The Morgan fingerprint density at radius 1 is 1.62 bits per heavy atom. The molecule has 1 heterocycles. The quantitative estimate of drug-likeness (QED) is 0.530. The largest absolute Gasteiger partial charge is 0.459 e. The monoisotopic (exact) mass is 318 g/mol. The average Bonchev–Trinajstić information content (AvgIpc) is 2.00. The van der Waals surface area contributed by atoms with Crippen LogP contribution in [0.3, 0.4) is 0 Å². The second-order valence-corrected chi connectivity index (χ2v) is 6.05. The van der Waals surface area contributed by atoms with Crippen LogP contribution < -0.4 is 3.53 Å². The highest BCUT2D eigenvalue weighted by Gasteiger charge is 2.45. The first-order chi connectivity index (χ1) is 5.81. The molecule has 1 atom stereocenters. The van der Waals surface area contributed by atoms with Crippen LogP contribution in [0.25, 0.3) is 0 Å². The zero-order chi connectivity index (χ0) is 10.3. The van der Waals surface area contributed by atoms with Gasteiger partial charge in [0.2, 0.25) is 0 Å². The van der Waals surface area contributed by atoms with Gasteiger partial charge in [-0.05, 0) is 20.8 Å². The van der Waals surface area contributed by atoms with Gasteiger partial charge in [0.05, 0.1) is 22.9 Å². The number of amidine groups is 1. The molecule has 0 fully saturated rings. The third kappa shape index (κ3) is 1.76. The van der Waals surface area contributed by atoms with Gasteiger partial charge in [0.25, 0.3) is 10.0 Å². The molecule has 0 aromatic rings. The van der Waals surface area contributed by atoms with E-state index in [0.29, 0.717) is 0 Å². The summed E-state index contributed by atoms with van der Waals surface area (Å²) in [5.74, 6) is 0. The molecule has 0 amide bonds. The van der Waals surface area contributed by atoms with Crippen molar-refractivity contribution in [1.82, 2.24) is 3.53 Å². The van der Waals surface area contributed by atoms with Gasteiger partial charge in [-0.2, -0.15) is 0 Å². The summed E-state index contributed by atoms with van der Waals surface area (Å²) in [6.45, 7) is 4.90. The van der Waals surface area contributed by atoms with Crippen LogP contribution in [0, 0.1) is 0 Å². The molecule has 7 heteroatoms. The van der Waals surface area contributed by atoms with Crippen molar-refractivity contribution in [2.75, 3.05) is 0 Å². The second-order valence-electron chi connectivity index (χ2n) is 3.33. The summed E-state index contributed by atoms with van der Waals surface area (Å²) in [5.41, 5.74) is 0. The first-order valence-electron chi connectivity index (χ1n) is 3.69. The number of ether oxygens (including phenoxy) is 1. The Morgan fingerprint density at radius 2 is 2.15 bits per heavy atom. The Hall–Kier alpha value is -0.0500. The van der Waals surface area contributed by atoms with E-state index in [9.17, 15) is 8.42 Å². The van der Waals surface area contributed by atoms with E-state index in [1.807, 2.05) is 0 Å². The van der Waals surface area contributed by atoms with Crippen LogP contribution in [0.2, 0.25) is 0 Å². The van der Waals surface area contributed by atoms with E-state index in [-0.39, 0.29) is 6.02 Å². The maximum absolute atomic E-state index is 11.6. The minimum Gasteiger partial charge on any atom is -0.459 e. The van der Waals surface area contributed by atoms with Gasteiger partial charge in [-0.25, -0.2) is 8.42 Å². The molecule has 0 aromatic carbocycles. The number of hydrogen-bond acceptors (Lipinski definition) is 4. The Balaban J connectivity index is 3.20. The molecule has 0 radical (unpaired) electrons. The lowest BCUT2D eigenvalue weighted by Crippen LogP contribution is -2.49. The smallest absolute Gasteiger partial charge is 0.309 e. The fraction of sp³-hybridized carbons (Fsp3) is 0.833. The van der Waals surface area contributed by atoms with Gasteiger partial charge in [0.15, 0.2) is 0 Å². The highest BCUT2D eigenvalue weighted by molar-refractivity contribution is 14.1. The van der Waals surface area contributed by atoms with Crippen LogP contribution in [0.1, 0.15) is 20.8 Å². The van der Waals surface area contributed by atoms with Crippen molar-refractivity contribution in [2.45, 2.75) is 31.6 Å². The molecule has 0 saturated carbocycles. The number of sulfonamides is 1. The lowest BCUT2D eigenvalue weighted by molar-refractivity contribution is 0.159. The maximum Gasteiger partial charge on any atom is 0.309 e. The summed E-state index contributed by atoms with van der Waals surface area (Å²) in [4.78, 5) is 0. The number of nitrogens with zero attached hydrogens (tertiary/aromatic N) is 1. The van der Waals surface area contributed by atoms with Crippen molar-refractivity contribution >= 4 is 38.9 Å². The van der Waals surface area contributed by atoms with Crippen LogP contribution in [0.5, 0.6) is 0 Å². The molecule has 1 aliphatic heterocycles. The van der Waals surface area contributed by atoms with Gasteiger partial charge in [0, 0.05) is 0 Å². The molecular weight excluding hydrogens is 307 g/mol. The average molecular weight is 318 g/mol. The first kappa shape index (κ1) is 11.0. The normalized spacial score (nSPS) is 30.2. The van der Waals surface area contributed by atoms with Crippen molar-refractivity contribution < 1.29 is 13.2 Å². The lowest BCUT2D eigenvalue weighted by Gasteiger charge is -2.33. The molecule has 0 spiro atoms. The third-order valence-electron chi connectivity index (χ3n) is 2.22. The minimum atomic E-state index is -3.48. The Bertz CT molecular complexity index is 336. The Labute approximate surface area is 91.5 Å². The van der Waals surface area contributed by atoms with E-state index >= 15 is 0 Å². The molecule has 76 valence electrons. The second kappa shape index (κ2) is 3.26. The number of nitrogens with one attached hydrogen (secondary N) is 1. The van der Waals surface area contributed by atoms with Gasteiger partial charge in [-0.15, -0.1) is 4.40 Å². The van der Waals surface area contributed by atoms with Gasteiger partial charge in [-0.3, -0.25) is 3.53 Å². The summed E-state index contributed by atoms with van der Waals surface area (Å²) in [7, 11) is -3.48. The van der Waals surface area contributed by atoms with Crippen LogP contribution in [0.15, 0.2) is 4.40 Å². The maximum atomic E-state index is 11.6. The highest BCUT2D eigenvalue weighted by Crippen LogP contribution is 2.28. The zero-order valence-electron chi connectivity index (χ0n) is 7.54. The molecular formula is C6H11IN2O3S. The van der Waals surface area contributed by atoms with Crippen molar-refractivity contribution in [1.29, 1.82) is 0 Å². The predicted octanol–water partition coefficient (Wildman–Crippen LogP) is 0.809. The van der Waals surface area contributed by atoms with Crippen LogP contribution in [0.4, 0.5) is 0 Å². The number of hydrogen-bond donors (Lipinski definition) is 1. The van der Waals surface area contributed by atoms with Crippen molar-refractivity contribution in [3.8, 4) is 0 Å². The van der Waals surface area contributed by atoms with E-state index in [4.69, 9.17) is 4.74 Å². The lowest BCUT2D eigenvalue weighted by atomic mass is 10.1. The summed E-state index contributed by atoms with van der Waals surface area (Å²) in [5, 5.41) is 0. The van der Waals surface area contributed by atoms with Crippen LogP contribution in [-0.4, -0.2) is 25.3 Å². The Kier molecular flexibility index (Phi) is 2.77. The first-order valence-corrected chi connectivity index (χ1v) is 6.21. The van der Waals surface area contributed by atoms with E-state index < -0.39 is 20.9 Å². The summed E-state index contributed by atoms with van der Waals surface area (Å²) in [6.07, 6.45) is -0.410. The molecule has 0 aromatic heterocycles. The summed E-state index contributed by atoms with van der Waals surface area (Å²) < 4.78 is 33.4. The molecule has 13 heavy (non-hydrogen) atoms. The van der Waals surface area contributed by atoms with E-state index in [0.717, 1.165) is 0 Å². The molecule has 1 N–H and O–H groups in total. The van der Waals surface area contributed by atoms with Crippen LogP contribution in [-0.2, 0) is 14.8 Å². The van der Waals surface area contributed by atoms with Gasteiger partial charge >= 0.3 is 6.02 Å². The van der Waals surface area contributed by atoms with Crippen molar-refractivity contribution in [3.05, 3.63) is 0 Å². The molecule has 0 bridgehead atoms. The fourth-order valence-electron chi connectivity index (χ4n) is 0.807. The van der Waals surface area contributed by atoms with E-state index in [1.165, 1.54) is 0 Å². The molecule has 1 unspecified atom stereocenters. The Morgan fingerprint density at radius 3 is 2.54 bits per heavy atom. The minimum absolute atomic E-state index is 0.0485. The SMILES string of the molecule is CC1OC(NI)=NS(=O)(=O)C1(C)C. The topological polar surface area (TPSA) is 67.8 Å². The van der Waals surface area contributed by atoms with Gasteiger partial charge < -0.3 is 4.74 Å². The standard InChI is InChI=1S/C6H11IN2O3S/c1-4-6(2,3)13(10,11)9-5(8-7)12-4/h4H,1-3H3,(H,8,9). The number of rotatable bonds is 0. The zero-order valence-corrected chi connectivity index (χ0v) is 10.5.